The van der Waals surface area contributed by atoms with E-state index in [1.54, 1.807) is 36.1 Å². The Kier molecular flexibility index (Phi) is 6.09. The van der Waals surface area contributed by atoms with Gasteiger partial charge < -0.3 is 15.5 Å². The maximum absolute atomic E-state index is 12.9. The number of amides is 3. The van der Waals surface area contributed by atoms with Gasteiger partial charge in [0.25, 0.3) is 0 Å². The number of fused-ring (bicyclic) bond motifs is 1. The number of anilines is 2. The van der Waals surface area contributed by atoms with Crippen molar-refractivity contribution in [1.82, 2.24) is 5.32 Å². The summed E-state index contributed by atoms with van der Waals surface area (Å²) in [5.41, 5.74) is 3.60. The molecule has 0 aromatic heterocycles. The quantitative estimate of drug-likeness (QED) is 0.838. The van der Waals surface area contributed by atoms with E-state index in [0.29, 0.717) is 12.2 Å². The van der Waals surface area contributed by atoms with Crippen LogP contribution in [0.1, 0.15) is 31.4 Å². The second-order valence-corrected chi connectivity index (χ2v) is 7.07. The van der Waals surface area contributed by atoms with Gasteiger partial charge in [-0.2, -0.15) is 0 Å². The summed E-state index contributed by atoms with van der Waals surface area (Å²) in [4.78, 5) is 38.1. The summed E-state index contributed by atoms with van der Waals surface area (Å²) in [6.07, 6.45) is 2.06. The number of para-hydroxylation sites is 1. The summed E-state index contributed by atoms with van der Waals surface area (Å²) in [5, 5.41) is 5.49. The smallest absolute Gasteiger partial charge is 0.249 e. The van der Waals surface area contributed by atoms with Gasteiger partial charge in [0, 0.05) is 24.8 Å². The first kappa shape index (κ1) is 19.6. The molecule has 146 valence electrons. The van der Waals surface area contributed by atoms with Gasteiger partial charge in [-0.25, -0.2) is 0 Å². The molecule has 0 bridgehead atoms. The van der Waals surface area contributed by atoms with Crippen LogP contribution in [0.15, 0.2) is 48.5 Å². The number of hydrogen-bond donors (Lipinski definition) is 2. The van der Waals surface area contributed by atoms with E-state index in [2.05, 4.69) is 10.6 Å². The molecule has 0 radical (unpaired) electrons. The Bertz CT molecular complexity index is 877. The largest absolute Gasteiger partial charge is 0.344 e. The minimum Gasteiger partial charge on any atom is -0.344 e. The highest BCUT2D eigenvalue weighted by atomic mass is 16.2. The molecular formula is C22H25N3O3. The van der Waals surface area contributed by atoms with Crippen LogP contribution in [-0.4, -0.2) is 30.3 Å². The van der Waals surface area contributed by atoms with Gasteiger partial charge >= 0.3 is 0 Å². The lowest BCUT2D eigenvalue weighted by atomic mass is 10.0. The first-order chi connectivity index (χ1) is 13.4. The number of rotatable bonds is 5. The van der Waals surface area contributed by atoms with Crippen LogP contribution in [0.25, 0.3) is 0 Å². The molecule has 1 aliphatic heterocycles. The fourth-order valence-electron chi connectivity index (χ4n) is 3.45. The van der Waals surface area contributed by atoms with Crippen LogP contribution in [0.4, 0.5) is 11.4 Å². The van der Waals surface area contributed by atoms with Gasteiger partial charge in [0.2, 0.25) is 17.7 Å². The number of aryl methyl sites for hydroxylation is 1. The highest BCUT2D eigenvalue weighted by molar-refractivity contribution is 6.00. The summed E-state index contributed by atoms with van der Waals surface area (Å²) in [5.74, 6) is -0.447. The monoisotopic (exact) mass is 379 g/mol. The van der Waals surface area contributed by atoms with Crippen molar-refractivity contribution in [2.24, 2.45) is 0 Å². The van der Waals surface area contributed by atoms with Gasteiger partial charge in [-0.05, 0) is 49.1 Å². The second-order valence-electron chi connectivity index (χ2n) is 7.07. The molecule has 0 saturated heterocycles. The fraction of sp³-hybridized carbons (Fsp3) is 0.318. The van der Waals surface area contributed by atoms with Crippen molar-refractivity contribution in [1.29, 1.82) is 0 Å². The molecule has 6 heteroatoms. The third-order valence-corrected chi connectivity index (χ3v) is 4.76. The maximum atomic E-state index is 12.9. The van der Waals surface area contributed by atoms with E-state index in [1.807, 2.05) is 24.3 Å². The maximum Gasteiger partial charge on any atom is 0.249 e. The molecule has 0 aliphatic carbocycles. The number of hydrogen-bond acceptors (Lipinski definition) is 3. The molecule has 1 atom stereocenters. The molecule has 28 heavy (non-hydrogen) atoms. The molecule has 0 unspecified atom stereocenters. The van der Waals surface area contributed by atoms with Crippen molar-refractivity contribution in [2.45, 2.75) is 39.2 Å². The van der Waals surface area contributed by atoms with E-state index in [-0.39, 0.29) is 24.1 Å². The van der Waals surface area contributed by atoms with Crippen LogP contribution in [0.3, 0.4) is 0 Å². The van der Waals surface area contributed by atoms with Gasteiger partial charge in [-0.15, -0.1) is 0 Å². The topological polar surface area (TPSA) is 78.5 Å². The van der Waals surface area contributed by atoms with Crippen LogP contribution in [0.5, 0.6) is 0 Å². The highest BCUT2D eigenvalue weighted by Gasteiger charge is 2.26. The fourth-order valence-corrected chi connectivity index (χ4v) is 3.45. The molecular weight excluding hydrogens is 354 g/mol. The molecule has 0 saturated carbocycles. The summed E-state index contributed by atoms with van der Waals surface area (Å²) in [6, 6.07) is 14.4. The summed E-state index contributed by atoms with van der Waals surface area (Å²) in [6.45, 7) is 3.83. The van der Waals surface area contributed by atoms with Crippen molar-refractivity contribution in [3.63, 3.8) is 0 Å². The zero-order valence-electron chi connectivity index (χ0n) is 16.2. The second kappa shape index (κ2) is 8.69. The van der Waals surface area contributed by atoms with Gasteiger partial charge in [0.1, 0.15) is 6.04 Å². The van der Waals surface area contributed by atoms with Crippen LogP contribution in [-0.2, 0) is 27.2 Å². The van der Waals surface area contributed by atoms with Crippen molar-refractivity contribution in [3.05, 3.63) is 59.7 Å². The van der Waals surface area contributed by atoms with Crippen molar-refractivity contribution in [3.8, 4) is 0 Å². The standard InChI is InChI=1S/C22H25N3O3/c1-15(22(28)25-13-5-7-18-6-3-4-8-20(18)25)23-21(27)14-17-9-11-19(12-10-17)24-16(2)26/h3-4,6,8-12,15H,5,7,13-14H2,1-2H3,(H,23,27)(H,24,26)/t15-/m1/s1. The Labute approximate surface area is 164 Å². The molecule has 0 spiro atoms. The van der Waals surface area contributed by atoms with Gasteiger partial charge in [-0.1, -0.05) is 30.3 Å². The molecule has 2 aromatic rings. The third-order valence-electron chi connectivity index (χ3n) is 4.76. The predicted octanol–water partition coefficient (Wildman–Crippen LogP) is 2.67. The lowest BCUT2D eigenvalue weighted by molar-refractivity contribution is -0.126. The minimum absolute atomic E-state index is 0.0958. The molecule has 1 aliphatic rings. The van der Waals surface area contributed by atoms with E-state index < -0.39 is 6.04 Å². The van der Waals surface area contributed by atoms with Crippen LogP contribution >= 0.6 is 0 Å². The van der Waals surface area contributed by atoms with E-state index in [4.69, 9.17) is 0 Å². The van der Waals surface area contributed by atoms with Crippen LogP contribution in [0.2, 0.25) is 0 Å². The van der Waals surface area contributed by atoms with Gasteiger partial charge in [0.05, 0.1) is 6.42 Å². The van der Waals surface area contributed by atoms with Crippen molar-refractivity contribution >= 4 is 29.1 Å². The molecule has 0 fully saturated rings. The summed E-state index contributed by atoms with van der Waals surface area (Å²) < 4.78 is 0. The molecule has 6 nitrogen and oxygen atoms in total. The summed E-state index contributed by atoms with van der Waals surface area (Å²) in [7, 11) is 0. The Morgan fingerprint density at radius 2 is 1.79 bits per heavy atom. The third kappa shape index (κ3) is 4.76. The number of carbonyl (C=O) groups is 3. The first-order valence-electron chi connectivity index (χ1n) is 9.49. The van der Waals surface area contributed by atoms with E-state index >= 15 is 0 Å². The number of carbonyl (C=O) groups excluding carboxylic acids is 3. The van der Waals surface area contributed by atoms with E-state index in [0.717, 1.165) is 24.1 Å². The van der Waals surface area contributed by atoms with Crippen molar-refractivity contribution in [2.75, 3.05) is 16.8 Å². The molecule has 2 N–H and O–H groups in total. The summed E-state index contributed by atoms with van der Waals surface area (Å²) >= 11 is 0. The molecule has 1 heterocycles. The Morgan fingerprint density at radius 3 is 2.50 bits per heavy atom. The minimum atomic E-state index is -0.600. The number of nitrogens with zero attached hydrogens (tertiary/aromatic N) is 1. The molecule has 3 rings (SSSR count). The molecule has 3 amide bonds. The first-order valence-corrected chi connectivity index (χ1v) is 9.49. The van der Waals surface area contributed by atoms with E-state index in [9.17, 15) is 14.4 Å². The van der Waals surface area contributed by atoms with Gasteiger partial charge in [-0.3, -0.25) is 14.4 Å². The Morgan fingerprint density at radius 1 is 1.07 bits per heavy atom. The number of nitrogens with one attached hydrogen (secondary N) is 2. The SMILES string of the molecule is CC(=O)Nc1ccc(CC(=O)N[C@H](C)C(=O)N2CCCc3ccccc32)cc1. The van der Waals surface area contributed by atoms with Gasteiger partial charge in [0.15, 0.2) is 0 Å². The van der Waals surface area contributed by atoms with Crippen molar-refractivity contribution < 1.29 is 14.4 Å². The predicted molar refractivity (Wildman–Crippen MR) is 109 cm³/mol. The number of benzene rings is 2. The van der Waals surface area contributed by atoms with Crippen LogP contribution < -0.4 is 15.5 Å². The van der Waals surface area contributed by atoms with E-state index in [1.165, 1.54) is 12.5 Å². The average Bonchev–Trinajstić information content (AvgIpc) is 2.68. The Hall–Kier alpha value is -3.15. The lowest BCUT2D eigenvalue weighted by Crippen LogP contribution is -2.49. The lowest BCUT2D eigenvalue weighted by Gasteiger charge is -2.31. The normalized spacial score (nSPS) is 14.0. The zero-order valence-corrected chi connectivity index (χ0v) is 16.2. The molecule has 2 aromatic carbocycles. The zero-order chi connectivity index (χ0) is 20.1. The highest BCUT2D eigenvalue weighted by Crippen LogP contribution is 2.27. The van der Waals surface area contributed by atoms with Crippen LogP contribution in [0, 0.1) is 0 Å². The average molecular weight is 379 g/mol. The Balaban J connectivity index is 1.58.